The van der Waals surface area contributed by atoms with Gasteiger partial charge in [0.15, 0.2) is 0 Å². The molecule has 5 aromatic rings. The number of benzene rings is 5. The first kappa shape index (κ1) is 29.4. The number of rotatable bonds is 7. The minimum Gasteiger partial charge on any atom is -0.189 e. The number of halogens is 5. The first-order chi connectivity index (χ1) is 21.5. The quantitative estimate of drug-likeness (QED) is 0.129. The Morgan fingerprint density at radius 3 is 1.56 bits per heavy atom. The molecule has 0 fully saturated rings. The van der Waals surface area contributed by atoms with Crippen LogP contribution in [0.15, 0.2) is 121 Å². The lowest BCUT2D eigenvalue weighted by atomic mass is 9.67. The molecule has 5 aromatic carbocycles. The molecular formula is C39H32F5N. The van der Waals surface area contributed by atoms with E-state index < -0.39 is 34.6 Å². The molecule has 1 unspecified atom stereocenters. The second-order valence-corrected chi connectivity index (χ2v) is 12.2. The van der Waals surface area contributed by atoms with Gasteiger partial charge in [-0.3, -0.25) is 0 Å². The van der Waals surface area contributed by atoms with Gasteiger partial charge in [0.2, 0.25) is 0 Å². The Balaban J connectivity index is 1.51. The summed E-state index contributed by atoms with van der Waals surface area (Å²) < 4.78 is 70.4. The first-order valence-electron chi connectivity index (χ1n) is 15.3. The predicted molar refractivity (Wildman–Crippen MR) is 168 cm³/mol. The normalized spacial score (nSPS) is 18.0. The van der Waals surface area contributed by atoms with Gasteiger partial charge in [-0.1, -0.05) is 116 Å². The zero-order valence-electron chi connectivity index (χ0n) is 25.0. The lowest BCUT2D eigenvalue weighted by molar-refractivity contribution is -0.326. The summed E-state index contributed by atoms with van der Waals surface area (Å²) in [6.45, 7) is 1.42. The molecule has 0 saturated heterocycles. The Morgan fingerprint density at radius 1 is 0.556 bits per heavy atom. The predicted octanol–water partition coefficient (Wildman–Crippen LogP) is 10.6. The maximum atomic E-state index is 14.3. The monoisotopic (exact) mass is 609 g/mol. The van der Waals surface area contributed by atoms with Crippen LogP contribution in [0.3, 0.4) is 0 Å². The highest BCUT2D eigenvalue weighted by atomic mass is 19.4. The van der Waals surface area contributed by atoms with E-state index in [1.165, 1.54) is 0 Å². The van der Waals surface area contributed by atoms with Crippen LogP contribution in [0.5, 0.6) is 0 Å². The Labute approximate surface area is 260 Å². The van der Waals surface area contributed by atoms with Crippen LogP contribution >= 0.6 is 0 Å². The number of hydrogen-bond donors (Lipinski definition) is 0. The summed E-state index contributed by atoms with van der Waals surface area (Å²) in [6.07, 6.45) is -4.82. The molecular weight excluding hydrogens is 577 g/mol. The van der Waals surface area contributed by atoms with E-state index in [9.17, 15) is 22.0 Å². The van der Waals surface area contributed by atoms with Crippen LogP contribution in [0.25, 0.3) is 22.3 Å². The van der Waals surface area contributed by atoms with E-state index >= 15 is 0 Å². The molecule has 0 spiro atoms. The zero-order valence-corrected chi connectivity index (χ0v) is 25.0. The van der Waals surface area contributed by atoms with Crippen LogP contribution in [0.1, 0.15) is 60.1 Å². The van der Waals surface area contributed by atoms with Gasteiger partial charge in [0.05, 0.1) is 5.41 Å². The number of nitrogens with zero attached hydrogens (tertiary/aromatic N) is 1. The van der Waals surface area contributed by atoms with Crippen molar-refractivity contribution in [3.8, 4) is 22.3 Å². The van der Waals surface area contributed by atoms with Crippen molar-refractivity contribution in [3.05, 3.63) is 155 Å². The summed E-state index contributed by atoms with van der Waals surface area (Å²) in [6, 6.07) is 37.2. The van der Waals surface area contributed by atoms with Crippen molar-refractivity contribution in [2.75, 3.05) is 6.54 Å². The van der Waals surface area contributed by atoms with Crippen molar-refractivity contribution < 1.29 is 22.0 Å². The minimum absolute atomic E-state index is 0.112. The standard InChI is InChI=1S/C39H32F5N/c1-3-37(22-23-45(36(2,40)41)39(42,43)44)32-20-12-10-18-28(32)30-25-35-31(24-34(30)37)29-19-11-13-21-33(29)38(35,26-14-6-4-7-15-26)27-16-8-5-9-17-27/h4-21,24-25H,3,22-23H2,1-2H3. The maximum absolute atomic E-state index is 14.3. The van der Waals surface area contributed by atoms with Gasteiger partial charge in [-0.2, -0.15) is 26.9 Å². The molecule has 0 radical (unpaired) electrons. The highest BCUT2D eigenvalue weighted by molar-refractivity contribution is 5.92. The summed E-state index contributed by atoms with van der Waals surface area (Å²) in [5.74, 6) is 0. The third-order valence-corrected chi connectivity index (χ3v) is 9.99. The van der Waals surface area contributed by atoms with Gasteiger partial charge >= 0.3 is 12.3 Å². The first-order valence-corrected chi connectivity index (χ1v) is 15.3. The van der Waals surface area contributed by atoms with Gasteiger partial charge in [0.25, 0.3) is 0 Å². The van der Waals surface area contributed by atoms with Crippen LogP contribution in [0.4, 0.5) is 22.0 Å². The summed E-state index contributed by atoms with van der Waals surface area (Å²) in [5.41, 5.74) is 8.65. The van der Waals surface area contributed by atoms with Crippen molar-refractivity contribution in [1.29, 1.82) is 0 Å². The van der Waals surface area contributed by atoms with Gasteiger partial charge in [-0.25, -0.2) is 0 Å². The summed E-state index contributed by atoms with van der Waals surface area (Å²) in [5, 5.41) is 0. The van der Waals surface area contributed by atoms with E-state index in [4.69, 9.17) is 0 Å². The third-order valence-electron chi connectivity index (χ3n) is 9.99. The van der Waals surface area contributed by atoms with Crippen molar-refractivity contribution in [2.24, 2.45) is 0 Å². The van der Waals surface area contributed by atoms with E-state index in [1.54, 1.807) is 0 Å². The minimum atomic E-state index is -5.17. The molecule has 45 heavy (non-hydrogen) atoms. The third kappa shape index (κ3) is 4.29. The van der Waals surface area contributed by atoms with E-state index in [0.29, 0.717) is 13.3 Å². The van der Waals surface area contributed by atoms with Gasteiger partial charge in [0, 0.05) is 18.9 Å². The molecule has 7 rings (SSSR count). The van der Waals surface area contributed by atoms with Crippen LogP contribution < -0.4 is 0 Å². The maximum Gasteiger partial charge on any atom is 0.464 e. The molecule has 0 saturated carbocycles. The Morgan fingerprint density at radius 2 is 1.02 bits per heavy atom. The fourth-order valence-electron chi connectivity index (χ4n) is 8.06. The van der Waals surface area contributed by atoms with Crippen LogP contribution in [0, 0.1) is 0 Å². The van der Waals surface area contributed by atoms with Gasteiger partial charge in [-0.05, 0) is 80.6 Å². The second kappa shape index (κ2) is 10.4. The van der Waals surface area contributed by atoms with E-state index in [2.05, 4.69) is 48.5 Å². The molecule has 0 aliphatic heterocycles. The lowest BCUT2D eigenvalue weighted by Gasteiger charge is -2.37. The van der Waals surface area contributed by atoms with Gasteiger partial charge in [0.1, 0.15) is 0 Å². The number of hydrogen-bond acceptors (Lipinski definition) is 1. The van der Waals surface area contributed by atoms with Crippen LogP contribution in [0.2, 0.25) is 0 Å². The number of fused-ring (bicyclic) bond motifs is 6. The number of alkyl halides is 5. The topological polar surface area (TPSA) is 3.24 Å². The fourth-order valence-corrected chi connectivity index (χ4v) is 8.06. The van der Waals surface area contributed by atoms with Crippen molar-refractivity contribution >= 4 is 0 Å². The van der Waals surface area contributed by atoms with Crippen LogP contribution in [-0.4, -0.2) is 23.8 Å². The van der Waals surface area contributed by atoms with Crippen molar-refractivity contribution in [2.45, 2.75) is 49.9 Å². The Hall–Kier alpha value is -4.29. The molecule has 228 valence electrons. The molecule has 2 aliphatic rings. The highest BCUT2D eigenvalue weighted by Gasteiger charge is 2.53. The molecule has 1 nitrogen and oxygen atoms in total. The molecule has 0 N–H and O–H groups in total. The second-order valence-electron chi connectivity index (χ2n) is 12.2. The highest BCUT2D eigenvalue weighted by Crippen LogP contribution is 2.61. The SMILES string of the molecule is CCC1(CCN(C(C)(F)F)C(F)(F)F)c2ccccc2-c2cc3c(cc21)-c1ccccc1C3(c1ccccc1)c1ccccc1. The smallest absolute Gasteiger partial charge is 0.189 e. The molecule has 0 amide bonds. The lowest BCUT2D eigenvalue weighted by Crippen LogP contribution is -2.50. The van der Waals surface area contributed by atoms with Crippen molar-refractivity contribution in [3.63, 3.8) is 0 Å². The molecule has 0 aromatic heterocycles. The van der Waals surface area contributed by atoms with Gasteiger partial charge in [-0.15, -0.1) is 0 Å². The molecule has 0 heterocycles. The van der Waals surface area contributed by atoms with Gasteiger partial charge < -0.3 is 0 Å². The van der Waals surface area contributed by atoms with E-state index in [0.717, 1.165) is 55.6 Å². The average Bonchev–Trinajstić information content (AvgIpc) is 3.47. The summed E-state index contributed by atoms with van der Waals surface area (Å²) in [4.78, 5) is -0.628. The Kier molecular flexibility index (Phi) is 6.79. The fraction of sp³-hybridized carbons (Fsp3) is 0.231. The summed E-state index contributed by atoms with van der Waals surface area (Å²) in [7, 11) is 0. The van der Waals surface area contributed by atoms with E-state index in [1.807, 2.05) is 79.7 Å². The summed E-state index contributed by atoms with van der Waals surface area (Å²) >= 11 is 0. The van der Waals surface area contributed by atoms with E-state index in [-0.39, 0.29) is 6.42 Å². The van der Waals surface area contributed by atoms with Crippen LogP contribution in [-0.2, 0) is 10.8 Å². The Bertz CT molecular complexity index is 1820. The molecule has 2 aliphatic carbocycles. The average molecular weight is 610 g/mol. The molecule has 0 bridgehead atoms. The molecule has 6 heteroatoms. The van der Waals surface area contributed by atoms with Crippen molar-refractivity contribution in [1.82, 2.24) is 4.90 Å². The zero-order chi connectivity index (χ0) is 31.6. The molecule has 1 atom stereocenters. The largest absolute Gasteiger partial charge is 0.464 e.